The lowest BCUT2D eigenvalue weighted by molar-refractivity contribution is -0.384. The maximum Gasteiger partial charge on any atom is 0.269 e. The second-order valence-electron chi connectivity index (χ2n) is 5.54. The number of benzene rings is 1. The first-order valence-corrected chi connectivity index (χ1v) is 8.10. The van der Waals surface area contributed by atoms with E-state index < -0.39 is 4.92 Å². The number of rotatable bonds is 4. The van der Waals surface area contributed by atoms with Crippen molar-refractivity contribution in [3.05, 3.63) is 50.5 Å². The Morgan fingerprint density at radius 3 is 3.13 bits per heavy atom. The van der Waals surface area contributed by atoms with E-state index in [2.05, 4.69) is 10.3 Å². The van der Waals surface area contributed by atoms with Crippen molar-refractivity contribution in [2.24, 2.45) is 5.73 Å². The molecule has 0 unspecified atom stereocenters. The van der Waals surface area contributed by atoms with E-state index in [9.17, 15) is 14.9 Å². The number of aromatic nitrogens is 1. The number of nitrogens with two attached hydrogens (primary N) is 1. The van der Waals surface area contributed by atoms with Crippen LogP contribution >= 0.6 is 11.3 Å². The maximum atomic E-state index is 12.1. The minimum Gasteiger partial charge on any atom is -0.327 e. The van der Waals surface area contributed by atoms with Crippen LogP contribution in [-0.4, -0.2) is 21.9 Å². The number of carbonyl (C=O) groups excluding carboxylic acids is 1. The molecule has 1 aromatic carbocycles. The van der Waals surface area contributed by atoms with Gasteiger partial charge in [-0.25, -0.2) is 4.98 Å². The van der Waals surface area contributed by atoms with Crippen LogP contribution in [0.2, 0.25) is 0 Å². The first-order valence-electron chi connectivity index (χ1n) is 7.28. The molecule has 0 fully saturated rings. The van der Waals surface area contributed by atoms with Gasteiger partial charge in [-0.3, -0.25) is 14.9 Å². The molecule has 23 heavy (non-hydrogen) atoms. The van der Waals surface area contributed by atoms with Crippen LogP contribution in [0.25, 0.3) is 0 Å². The third-order valence-electron chi connectivity index (χ3n) is 3.71. The minimum atomic E-state index is -0.473. The van der Waals surface area contributed by atoms with E-state index in [-0.39, 0.29) is 24.1 Å². The second-order valence-corrected chi connectivity index (χ2v) is 6.63. The molecule has 0 bridgehead atoms. The molecule has 1 aliphatic carbocycles. The largest absolute Gasteiger partial charge is 0.327 e. The summed E-state index contributed by atoms with van der Waals surface area (Å²) in [5.41, 5.74) is 7.53. The average Bonchev–Trinajstić information content (AvgIpc) is 2.88. The van der Waals surface area contributed by atoms with Crippen LogP contribution in [0, 0.1) is 10.1 Å². The van der Waals surface area contributed by atoms with Crippen LogP contribution in [0.4, 0.5) is 10.8 Å². The Hall–Kier alpha value is -2.32. The molecule has 2 aromatic rings. The Morgan fingerprint density at radius 1 is 1.52 bits per heavy atom. The predicted molar refractivity (Wildman–Crippen MR) is 87.5 cm³/mol. The van der Waals surface area contributed by atoms with E-state index in [0.29, 0.717) is 10.7 Å². The molecule has 1 amide bonds. The Morgan fingerprint density at radius 2 is 2.35 bits per heavy atom. The normalized spacial score (nSPS) is 16.7. The lowest BCUT2D eigenvalue weighted by atomic mass is 9.99. The van der Waals surface area contributed by atoms with E-state index in [1.54, 1.807) is 12.1 Å². The zero-order valence-corrected chi connectivity index (χ0v) is 13.1. The highest BCUT2D eigenvalue weighted by atomic mass is 32.1. The molecule has 0 spiro atoms. The molecule has 0 saturated heterocycles. The Bertz CT molecular complexity index is 759. The number of nitrogens with one attached hydrogen (secondary N) is 1. The summed E-state index contributed by atoms with van der Waals surface area (Å²) in [5.74, 6) is -0.235. The molecular formula is C15H16N4O3S. The van der Waals surface area contributed by atoms with Gasteiger partial charge < -0.3 is 11.1 Å². The quantitative estimate of drug-likeness (QED) is 0.657. The van der Waals surface area contributed by atoms with E-state index in [1.807, 2.05) is 0 Å². The first kappa shape index (κ1) is 15.6. The van der Waals surface area contributed by atoms with Crippen molar-refractivity contribution in [3.63, 3.8) is 0 Å². The van der Waals surface area contributed by atoms with Crippen LogP contribution in [-0.2, 0) is 24.1 Å². The second kappa shape index (κ2) is 6.43. The van der Waals surface area contributed by atoms with Gasteiger partial charge in [0.15, 0.2) is 5.13 Å². The number of hydrogen-bond donors (Lipinski definition) is 2. The van der Waals surface area contributed by atoms with E-state index in [1.165, 1.54) is 23.5 Å². The number of non-ortho nitro benzene ring substituents is 1. The van der Waals surface area contributed by atoms with E-state index in [4.69, 9.17) is 5.73 Å². The highest BCUT2D eigenvalue weighted by Gasteiger charge is 2.20. The number of fused-ring (bicyclic) bond motifs is 1. The van der Waals surface area contributed by atoms with Crippen molar-refractivity contribution in [1.82, 2.24) is 4.98 Å². The van der Waals surface area contributed by atoms with Gasteiger partial charge in [-0.1, -0.05) is 12.1 Å². The van der Waals surface area contributed by atoms with Crippen molar-refractivity contribution in [1.29, 1.82) is 0 Å². The van der Waals surface area contributed by atoms with Crippen molar-refractivity contribution < 1.29 is 9.72 Å². The van der Waals surface area contributed by atoms with Gasteiger partial charge in [0, 0.05) is 23.1 Å². The number of nitro groups is 1. The van der Waals surface area contributed by atoms with Gasteiger partial charge in [0.25, 0.3) is 5.69 Å². The van der Waals surface area contributed by atoms with Gasteiger partial charge in [0.2, 0.25) is 5.91 Å². The molecule has 0 aliphatic heterocycles. The summed E-state index contributed by atoms with van der Waals surface area (Å²) in [7, 11) is 0. The maximum absolute atomic E-state index is 12.1. The predicted octanol–water partition coefficient (Wildman–Crippen LogP) is 2.05. The zero-order valence-electron chi connectivity index (χ0n) is 12.3. The van der Waals surface area contributed by atoms with Crippen molar-refractivity contribution in [3.8, 4) is 0 Å². The fourth-order valence-corrected chi connectivity index (χ4v) is 3.70. The van der Waals surface area contributed by atoms with Crippen molar-refractivity contribution in [2.75, 3.05) is 5.32 Å². The monoisotopic (exact) mass is 332 g/mol. The number of anilines is 1. The van der Waals surface area contributed by atoms with Crippen molar-refractivity contribution >= 4 is 28.1 Å². The fraction of sp³-hybridized carbons (Fsp3) is 0.333. The van der Waals surface area contributed by atoms with E-state index >= 15 is 0 Å². The molecule has 3 N–H and O–H groups in total. The Kier molecular flexibility index (Phi) is 4.35. The summed E-state index contributed by atoms with van der Waals surface area (Å²) < 4.78 is 0. The molecule has 1 heterocycles. The van der Waals surface area contributed by atoms with Crippen LogP contribution in [0.15, 0.2) is 24.3 Å². The Labute approximate surface area is 136 Å². The molecule has 1 atom stereocenters. The van der Waals surface area contributed by atoms with Crippen LogP contribution in [0.1, 0.15) is 22.6 Å². The molecule has 8 heteroatoms. The number of nitro benzene ring substituents is 1. The SMILES string of the molecule is N[C@H]1CCc2nc(NC(=O)Cc3cccc([N+](=O)[O-])c3)sc2C1. The molecule has 0 radical (unpaired) electrons. The molecule has 0 saturated carbocycles. The van der Waals surface area contributed by atoms with E-state index in [0.717, 1.165) is 29.8 Å². The molecule has 3 rings (SSSR count). The van der Waals surface area contributed by atoms with Gasteiger partial charge >= 0.3 is 0 Å². The topological polar surface area (TPSA) is 111 Å². The van der Waals surface area contributed by atoms with Gasteiger partial charge in [-0.2, -0.15) is 0 Å². The number of aryl methyl sites for hydroxylation is 1. The highest BCUT2D eigenvalue weighted by molar-refractivity contribution is 7.15. The Balaban J connectivity index is 1.66. The lowest BCUT2D eigenvalue weighted by Gasteiger charge is -2.15. The first-order chi connectivity index (χ1) is 11.0. The number of thiazole rings is 1. The number of nitrogens with zero attached hydrogens (tertiary/aromatic N) is 2. The van der Waals surface area contributed by atoms with Crippen LogP contribution in [0.5, 0.6) is 0 Å². The molecular weight excluding hydrogens is 316 g/mol. The highest BCUT2D eigenvalue weighted by Crippen LogP contribution is 2.29. The smallest absolute Gasteiger partial charge is 0.269 e. The number of hydrogen-bond acceptors (Lipinski definition) is 6. The lowest BCUT2D eigenvalue weighted by Crippen LogP contribution is -2.27. The van der Waals surface area contributed by atoms with Gasteiger partial charge in [-0.05, 0) is 24.8 Å². The number of carbonyl (C=O) groups is 1. The third kappa shape index (κ3) is 3.72. The molecule has 1 aliphatic rings. The van der Waals surface area contributed by atoms with Gasteiger partial charge in [0.05, 0.1) is 17.0 Å². The van der Waals surface area contributed by atoms with Crippen molar-refractivity contribution in [2.45, 2.75) is 31.7 Å². The van der Waals surface area contributed by atoms with Gasteiger partial charge in [0.1, 0.15) is 0 Å². The molecule has 7 nitrogen and oxygen atoms in total. The van der Waals surface area contributed by atoms with Crippen LogP contribution in [0.3, 0.4) is 0 Å². The average molecular weight is 332 g/mol. The summed E-state index contributed by atoms with van der Waals surface area (Å²) in [5, 5.41) is 14.1. The fourth-order valence-electron chi connectivity index (χ4n) is 2.58. The van der Waals surface area contributed by atoms with Gasteiger partial charge in [-0.15, -0.1) is 11.3 Å². The standard InChI is InChI=1S/C15H16N4O3S/c16-10-4-5-12-13(8-10)23-15(17-12)18-14(20)7-9-2-1-3-11(6-9)19(21)22/h1-3,6,10H,4-5,7-8,16H2,(H,17,18,20)/t10-/m0/s1. The minimum absolute atomic E-state index is 0.0194. The number of amides is 1. The van der Waals surface area contributed by atoms with Crippen LogP contribution < -0.4 is 11.1 Å². The summed E-state index contributed by atoms with van der Waals surface area (Å²) in [6, 6.07) is 6.24. The summed E-state index contributed by atoms with van der Waals surface area (Å²) in [6.07, 6.45) is 2.63. The summed E-state index contributed by atoms with van der Waals surface area (Å²) >= 11 is 1.45. The molecule has 1 aromatic heterocycles. The summed E-state index contributed by atoms with van der Waals surface area (Å²) in [4.78, 5) is 28.0. The zero-order chi connectivity index (χ0) is 16.4. The third-order valence-corrected chi connectivity index (χ3v) is 4.75. The summed E-state index contributed by atoms with van der Waals surface area (Å²) in [6.45, 7) is 0. The molecule has 120 valence electrons.